The number of benzene rings is 2. The van der Waals surface area contributed by atoms with Gasteiger partial charge in [-0.1, -0.05) is 60.7 Å². The Hall–Kier alpha value is -1.93. The second kappa shape index (κ2) is 6.23. The van der Waals surface area contributed by atoms with Crippen LogP contribution in [0, 0.1) is 0 Å². The van der Waals surface area contributed by atoms with Crippen molar-refractivity contribution >= 4 is 5.78 Å². The Kier molecular flexibility index (Phi) is 4.16. The number of hydrogen-bond donors (Lipinski definition) is 0. The minimum atomic E-state index is 0.197. The minimum Gasteiger partial charge on any atom is -0.300 e. The van der Waals surface area contributed by atoms with E-state index in [9.17, 15) is 4.79 Å². The van der Waals surface area contributed by atoms with Crippen molar-refractivity contribution in [2.24, 2.45) is 0 Å². The van der Waals surface area contributed by atoms with E-state index >= 15 is 0 Å². The maximum Gasteiger partial charge on any atom is 0.136 e. The molecule has 0 aromatic heterocycles. The molecule has 21 heavy (non-hydrogen) atoms. The fraction of sp³-hybridized carbons (Fsp3) is 0.316. The average molecular weight is 279 g/mol. The molecule has 2 heteroatoms. The first-order valence-corrected chi connectivity index (χ1v) is 7.60. The first-order chi connectivity index (χ1) is 10.2. The van der Waals surface area contributed by atoms with Crippen LogP contribution in [0.5, 0.6) is 0 Å². The van der Waals surface area contributed by atoms with Crippen molar-refractivity contribution in [3.8, 4) is 0 Å². The predicted octanol–water partition coefficient (Wildman–Crippen LogP) is 3.98. The summed E-state index contributed by atoms with van der Waals surface area (Å²) in [5, 5.41) is 0. The molecule has 0 unspecified atom stereocenters. The Bertz CT molecular complexity index is 593. The van der Waals surface area contributed by atoms with Gasteiger partial charge in [0.25, 0.3) is 0 Å². The number of likely N-dealkylation sites (tertiary alicyclic amines) is 1. The molecule has 2 nitrogen and oxygen atoms in total. The second-order valence-electron chi connectivity index (χ2n) is 5.88. The van der Waals surface area contributed by atoms with Gasteiger partial charge in [-0.15, -0.1) is 0 Å². The summed E-state index contributed by atoms with van der Waals surface area (Å²) >= 11 is 0. The number of piperidine rings is 1. The number of nitrogens with zero attached hydrogens (tertiary/aromatic N) is 1. The quantitative estimate of drug-likeness (QED) is 0.847. The lowest BCUT2D eigenvalue weighted by Gasteiger charge is -2.40. The van der Waals surface area contributed by atoms with Gasteiger partial charge in [-0.05, 0) is 18.1 Å². The molecule has 0 N–H and O–H groups in total. The molecular weight excluding hydrogens is 258 g/mol. The van der Waals surface area contributed by atoms with Crippen molar-refractivity contribution in [1.82, 2.24) is 4.90 Å². The van der Waals surface area contributed by atoms with E-state index in [1.807, 2.05) is 12.1 Å². The molecule has 0 saturated carbocycles. The summed E-state index contributed by atoms with van der Waals surface area (Å²) in [7, 11) is 0. The molecule has 2 atom stereocenters. The summed E-state index contributed by atoms with van der Waals surface area (Å²) in [6.07, 6.45) is 1.29. The molecule has 1 aliphatic heterocycles. The van der Waals surface area contributed by atoms with Crippen molar-refractivity contribution in [2.45, 2.75) is 38.4 Å². The molecule has 3 rings (SSSR count). The highest BCUT2D eigenvalue weighted by Crippen LogP contribution is 2.33. The zero-order valence-corrected chi connectivity index (χ0v) is 12.4. The molecule has 1 fully saturated rings. The number of Topliss-reactive ketones (excluding diaryl/α,β-unsaturated/α-hetero) is 1. The van der Waals surface area contributed by atoms with E-state index in [4.69, 9.17) is 0 Å². The Morgan fingerprint density at radius 3 is 2.24 bits per heavy atom. The number of ketones is 1. The molecule has 2 aromatic rings. The number of carbonyl (C=O) groups is 1. The Balaban J connectivity index is 1.88. The van der Waals surface area contributed by atoms with Crippen molar-refractivity contribution in [1.29, 1.82) is 0 Å². The summed E-state index contributed by atoms with van der Waals surface area (Å²) in [6, 6.07) is 21.4. The van der Waals surface area contributed by atoms with Crippen LogP contribution in [0.3, 0.4) is 0 Å². The highest BCUT2D eigenvalue weighted by molar-refractivity contribution is 5.80. The van der Waals surface area contributed by atoms with Crippen LogP contribution in [0.25, 0.3) is 0 Å². The molecular formula is C19H21NO. The number of hydrogen-bond acceptors (Lipinski definition) is 2. The van der Waals surface area contributed by atoms with Crippen LogP contribution in [0.2, 0.25) is 0 Å². The smallest absolute Gasteiger partial charge is 0.136 e. The third-order valence-corrected chi connectivity index (χ3v) is 4.30. The molecule has 0 radical (unpaired) electrons. The van der Waals surface area contributed by atoms with Crippen LogP contribution in [0.4, 0.5) is 0 Å². The van der Waals surface area contributed by atoms with Crippen LogP contribution in [-0.2, 0) is 11.3 Å². The first kappa shape index (κ1) is 14.0. The molecule has 1 heterocycles. The lowest BCUT2D eigenvalue weighted by Crippen LogP contribution is -2.42. The minimum absolute atomic E-state index is 0.197. The van der Waals surface area contributed by atoms with Gasteiger partial charge in [0.15, 0.2) is 0 Å². The van der Waals surface area contributed by atoms with Crippen LogP contribution < -0.4 is 0 Å². The number of rotatable bonds is 3. The van der Waals surface area contributed by atoms with Crippen molar-refractivity contribution in [2.75, 3.05) is 0 Å². The van der Waals surface area contributed by atoms with Crippen LogP contribution in [0.15, 0.2) is 60.7 Å². The van der Waals surface area contributed by atoms with Crippen molar-refractivity contribution in [3.63, 3.8) is 0 Å². The predicted molar refractivity (Wildman–Crippen MR) is 84.9 cm³/mol. The summed E-state index contributed by atoms with van der Waals surface area (Å²) in [5.41, 5.74) is 2.55. The van der Waals surface area contributed by atoms with Crippen molar-refractivity contribution in [3.05, 3.63) is 71.8 Å². The molecule has 2 aromatic carbocycles. The van der Waals surface area contributed by atoms with E-state index in [1.165, 1.54) is 11.1 Å². The SMILES string of the molecule is C[C@H]1CC(=O)C[C@H](c2ccccc2)N1Cc1ccccc1. The van der Waals surface area contributed by atoms with Gasteiger partial charge in [0.1, 0.15) is 5.78 Å². The van der Waals surface area contributed by atoms with Crippen LogP contribution in [0.1, 0.15) is 36.9 Å². The van der Waals surface area contributed by atoms with Gasteiger partial charge < -0.3 is 0 Å². The monoisotopic (exact) mass is 279 g/mol. The van der Waals surface area contributed by atoms with Gasteiger partial charge in [-0.25, -0.2) is 0 Å². The van der Waals surface area contributed by atoms with Gasteiger partial charge in [0, 0.05) is 31.5 Å². The van der Waals surface area contributed by atoms with E-state index in [0.717, 1.165) is 6.54 Å². The Labute approximate surface area is 126 Å². The largest absolute Gasteiger partial charge is 0.300 e. The summed E-state index contributed by atoms with van der Waals surface area (Å²) in [5.74, 6) is 0.376. The topological polar surface area (TPSA) is 20.3 Å². The van der Waals surface area contributed by atoms with E-state index in [1.54, 1.807) is 0 Å². The Morgan fingerprint density at radius 2 is 1.57 bits per heavy atom. The van der Waals surface area contributed by atoms with Gasteiger partial charge in [-0.3, -0.25) is 9.69 Å². The summed E-state index contributed by atoms with van der Waals surface area (Å²) in [6.45, 7) is 3.06. The first-order valence-electron chi connectivity index (χ1n) is 7.60. The van der Waals surface area contributed by atoms with Crippen LogP contribution in [-0.4, -0.2) is 16.7 Å². The zero-order chi connectivity index (χ0) is 14.7. The van der Waals surface area contributed by atoms with Gasteiger partial charge in [0.2, 0.25) is 0 Å². The molecule has 0 bridgehead atoms. The van der Waals surface area contributed by atoms with E-state index in [-0.39, 0.29) is 12.1 Å². The zero-order valence-electron chi connectivity index (χ0n) is 12.4. The maximum atomic E-state index is 12.0. The van der Waals surface area contributed by atoms with Crippen molar-refractivity contribution < 1.29 is 4.79 Å². The lowest BCUT2D eigenvalue weighted by molar-refractivity contribution is -0.125. The van der Waals surface area contributed by atoms with Gasteiger partial charge in [-0.2, -0.15) is 0 Å². The summed E-state index contributed by atoms with van der Waals surface area (Å²) in [4.78, 5) is 14.5. The fourth-order valence-corrected chi connectivity index (χ4v) is 3.21. The molecule has 1 aliphatic rings. The van der Waals surface area contributed by atoms with E-state index < -0.39 is 0 Å². The lowest BCUT2D eigenvalue weighted by atomic mass is 9.90. The van der Waals surface area contributed by atoms with E-state index in [0.29, 0.717) is 18.6 Å². The summed E-state index contributed by atoms with van der Waals surface area (Å²) < 4.78 is 0. The Morgan fingerprint density at radius 1 is 0.952 bits per heavy atom. The fourth-order valence-electron chi connectivity index (χ4n) is 3.21. The molecule has 108 valence electrons. The molecule has 0 aliphatic carbocycles. The maximum absolute atomic E-state index is 12.0. The number of carbonyl (C=O) groups excluding carboxylic acids is 1. The normalized spacial score (nSPS) is 23.2. The third kappa shape index (κ3) is 3.22. The van der Waals surface area contributed by atoms with Crippen LogP contribution >= 0.6 is 0 Å². The highest BCUT2D eigenvalue weighted by atomic mass is 16.1. The standard InChI is InChI=1S/C19H21NO/c1-15-12-18(21)13-19(17-10-6-3-7-11-17)20(15)14-16-8-4-2-5-9-16/h2-11,15,19H,12-14H2,1H3/t15-,19+/m0/s1. The van der Waals surface area contributed by atoms with Gasteiger partial charge in [0.05, 0.1) is 0 Å². The molecule has 1 saturated heterocycles. The average Bonchev–Trinajstić information content (AvgIpc) is 2.51. The van der Waals surface area contributed by atoms with Gasteiger partial charge >= 0.3 is 0 Å². The molecule has 0 spiro atoms. The molecule has 0 amide bonds. The highest BCUT2D eigenvalue weighted by Gasteiger charge is 2.32. The second-order valence-corrected chi connectivity index (χ2v) is 5.88. The third-order valence-electron chi connectivity index (χ3n) is 4.30. The van der Waals surface area contributed by atoms with E-state index in [2.05, 4.69) is 60.4 Å².